The Morgan fingerprint density at radius 1 is 1.33 bits per heavy atom. The molecule has 2 amide bonds. The highest BCUT2D eigenvalue weighted by Gasteiger charge is 2.68. The minimum absolute atomic E-state index is 0.0914. The van der Waals surface area contributed by atoms with Crippen molar-refractivity contribution >= 4 is 35.1 Å². The van der Waals surface area contributed by atoms with E-state index in [2.05, 4.69) is 0 Å². The Labute approximate surface area is 143 Å². The second kappa shape index (κ2) is 5.16. The van der Waals surface area contributed by atoms with Gasteiger partial charge >= 0.3 is 5.97 Å². The van der Waals surface area contributed by atoms with Crippen molar-refractivity contribution in [3.8, 4) is 0 Å². The zero-order valence-electron chi connectivity index (χ0n) is 12.8. The lowest BCUT2D eigenvalue weighted by molar-refractivity contribution is -0.150. The first-order valence-electron chi connectivity index (χ1n) is 7.57. The molecular formula is C17H14ClNO5. The number of halogens is 1. The van der Waals surface area contributed by atoms with E-state index in [0.29, 0.717) is 10.7 Å². The van der Waals surface area contributed by atoms with Crippen LogP contribution >= 0.6 is 11.6 Å². The number of rotatable bonds is 3. The first kappa shape index (κ1) is 15.4. The van der Waals surface area contributed by atoms with E-state index in [1.54, 1.807) is 36.4 Å². The predicted octanol–water partition coefficient (Wildman–Crippen LogP) is 1.72. The van der Waals surface area contributed by atoms with Gasteiger partial charge in [0, 0.05) is 6.92 Å². The summed E-state index contributed by atoms with van der Waals surface area (Å²) < 4.78 is 10.9. The fourth-order valence-corrected chi connectivity index (χ4v) is 3.97. The number of esters is 1. The average molecular weight is 348 g/mol. The van der Waals surface area contributed by atoms with Crippen molar-refractivity contribution < 1.29 is 23.9 Å². The summed E-state index contributed by atoms with van der Waals surface area (Å²) in [6, 6.07) is 6.71. The second-order valence-electron chi connectivity index (χ2n) is 6.14. The molecule has 7 heteroatoms. The smallest absolute Gasteiger partial charge is 0.302 e. The Kier molecular flexibility index (Phi) is 3.30. The van der Waals surface area contributed by atoms with Gasteiger partial charge < -0.3 is 9.47 Å². The van der Waals surface area contributed by atoms with Gasteiger partial charge in [-0.2, -0.15) is 0 Å². The lowest BCUT2D eigenvalue weighted by Crippen LogP contribution is -2.44. The van der Waals surface area contributed by atoms with Crippen LogP contribution in [0.5, 0.6) is 0 Å². The predicted molar refractivity (Wildman–Crippen MR) is 84.3 cm³/mol. The molecule has 3 heterocycles. The molecule has 2 bridgehead atoms. The van der Waals surface area contributed by atoms with Gasteiger partial charge in [-0.25, -0.2) is 4.90 Å². The third-order valence-corrected chi connectivity index (χ3v) is 5.07. The molecule has 3 aliphatic heterocycles. The first-order chi connectivity index (χ1) is 11.4. The summed E-state index contributed by atoms with van der Waals surface area (Å²) in [7, 11) is 0. The van der Waals surface area contributed by atoms with E-state index in [4.69, 9.17) is 21.1 Å². The molecule has 2 saturated heterocycles. The van der Waals surface area contributed by atoms with Crippen LogP contribution in [-0.4, -0.2) is 36.1 Å². The number of carbonyl (C=O) groups excluding carboxylic acids is 3. The maximum atomic E-state index is 13.0. The van der Waals surface area contributed by atoms with E-state index in [0.717, 1.165) is 4.90 Å². The lowest BCUT2D eigenvalue weighted by atomic mass is 9.77. The Hall–Kier alpha value is -2.18. The maximum Gasteiger partial charge on any atom is 0.302 e. The first-order valence-corrected chi connectivity index (χ1v) is 7.95. The minimum Gasteiger partial charge on any atom is -0.462 e. The molecule has 4 rings (SSSR count). The fourth-order valence-electron chi connectivity index (χ4n) is 3.75. The highest BCUT2D eigenvalue weighted by Crippen LogP contribution is 2.53. The third kappa shape index (κ3) is 1.96. The average Bonchev–Trinajstić information content (AvgIpc) is 3.18. The molecule has 3 aliphatic rings. The molecule has 124 valence electrons. The van der Waals surface area contributed by atoms with Gasteiger partial charge in [0.1, 0.15) is 12.2 Å². The van der Waals surface area contributed by atoms with Gasteiger partial charge in [0.05, 0.1) is 28.6 Å². The molecule has 1 aromatic carbocycles. The Balaban J connectivity index is 1.72. The van der Waals surface area contributed by atoms with Crippen LogP contribution in [0.4, 0.5) is 5.69 Å². The summed E-state index contributed by atoms with van der Waals surface area (Å²) in [5, 5.41) is 0.328. The summed E-state index contributed by atoms with van der Waals surface area (Å²) >= 11 is 6.16. The van der Waals surface area contributed by atoms with Crippen molar-refractivity contribution in [2.24, 2.45) is 11.8 Å². The highest BCUT2D eigenvalue weighted by atomic mass is 35.5. The van der Waals surface area contributed by atoms with Crippen molar-refractivity contribution in [3.63, 3.8) is 0 Å². The van der Waals surface area contributed by atoms with Crippen LogP contribution in [0.2, 0.25) is 5.02 Å². The number of anilines is 1. The molecule has 0 radical (unpaired) electrons. The van der Waals surface area contributed by atoms with Crippen molar-refractivity contribution in [1.82, 2.24) is 0 Å². The molecule has 0 spiro atoms. The largest absolute Gasteiger partial charge is 0.462 e. The number of para-hydroxylation sites is 1. The van der Waals surface area contributed by atoms with Gasteiger partial charge in [-0.1, -0.05) is 29.8 Å². The number of hydrogen-bond donors (Lipinski definition) is 0. The quantitative estimate of drug-likeness (QED) is 0.473. The van der Waals surface area contributed by atoms with E-state index in [1.807, 2.05) is 0 Å². The monoisotopic (exact) mass is 347 g/mol. The van der Waals surface area contributed by atoms with Crippen LogP contribution < -0.4 is 4.90 Å². The van der Waals surface area contributed by atoms with Crippen LogP contribution in [0.1, 0.15) is 6.92 Å². The number of hydrogen-bond acceptors (Lipinski definition) is 5. The van der Waals surface area contributed by atoms with E-state index in [1.165, 1.54) is 6.92 Å². The number of benzene rings is 1. The van der Waals surface area contributed by atoms with Crippen LogP contribution in [0, 0.1) is 11.8 Å². The fraction of sp³-hybridized carbons (Fsp3) is 0.353. The normalized spacial score (nSPS) is 33.2. The Morgan fingerprint density at radius 3 is 2.79 bits per heavy atom. The molecule has 1 aromatic rings. The number of nitrogens with zero attached hydrogens (tertiary/aromatic N) is 1. The highest BCUT2D eigenvalue weighted by molar-refractivity contribution is 6.36. The molecular weight excluding hydrogens is 334 g/mol. The molecule has 4 atom stereocenters. The van der Waals surface area contributed by atoms with Gasteiger partial charge in [0.25, 0.3) is 0 Å². The van der Waals surface area contributed by atoms with Crippen LogP contribution in [0.15, 0.2) is 36.4 Å². The van der Waals surface area contributed by atoms with E-state index >= 15 is 0 Å². The van der Waals surface area contributed by atoms with Crippen LogP contribution in [0.25, 0.3) is 0 Å². The van der Waals surface area contributed by atoms with Gasteiger partial charge in [-0.05, 0) is 18.2 Å². The summed E-state index contributed by atoms with van der Waals surface area (Å²) in [6.07, 6.45) is 2.99. The van der Waals surface area contributed by atoms with Crippen molar-refractivity contribution in [2.45, 2.75) is 18.6 Å². The molecule has 0 aliphatic carbocycles. The minimum atomic E-state index is -1.08. The Morgan fingerprint density at radius 2 is 2.08 bits per heavy atom. The number of imide groups is 1. The number of amides is 2. The molecule has 24 heavy (non-hydrogen) atoms. The lowest BCUT2D eigenvalue weighted by Gasteiger charge is -2.28. The van der Waals surface area contributed by atoms with E-state index in [9.17, 15) is 14.4 Å². The van der Waals surface area contributed by atoms with Crippen LogP contribution in [0.3, 0.4) is 0 Å². The summed E-state index contributed by atoms with van der Waals surface area (Å²) in [4.78, 5) is 38.1. The molecule has 2 fully saturated rings. The number of ether oxygens (including phenoxy) is 2. The molecule has 6 nitrogen and oxygen atoms in total. The zero-order valence-corrected chi connectivity index (χ0v) is 13.5. The van der Waals surface area contributed by atoms with Gasteiger partial charge in [-0.15, -0.1) is 0 Å². The molecule has 0 saturated carbocycles. The molecule has 0 N–H and O–H groups in total. The number of fused-ring (bicyclic) bond motifs is 5. The summed E-state index contributed by atoms with van der Waals surface area (Å²) in [5.41, 5.74) is -0.713. The topological polar surface area (TPSA) is 72.9 Å². The van der Waals surface area contributed by atoms with Crippen molar-refractivity contribution in [1.29, 1.82) is 0 Å². The Bertz CT molecular complexity index is 791. The number of carbonyl (C=O) groups is 3. The van der Waals surface area contributed by atoms with Crippen molar-refractivity contribution in [3.05, 3.63) is 41.4 Å². The SMILES string of the molecule is CC(=O)OC[C@@]12C=C[C@@H](O1)[C@@H]1C(=O)N(c3ccccc3Cl)C(=O)[C@H]12. The van der Waals surface area contributed by atoms with Gasteiger partial charge in [0.2, 0.25) is 11.8 Å². The zero-order chi connectivity index (χ0) is 17.1. The van der Waals surface area contributed by atoms with Gasteiger partial charge in [0.15, 0.2) is 0 Å². The summed E-state index contributed by atoms with van der Waals surface area (Å²) in [6.45, 7) is 1.20. The van der Waals surface area contributed by atoms with Gasteiger partial charge in [-0.3, -0.25) is 14.4 Å². The maximum absolute atomic E-state index is 13.0. The molecule has 0 aromatic heterocycles. The van der Waals surface area contributed by atoms with E-state index in [-0.39, 0.29) is 18.4 Å². The standard InChI is InChI=1S/C17H14ClNO5/c1-9(20)23-8-17-7-6-12(24-17)13-14(17)16(22)19(15(13)21)11-5-3-2-4-10(11)18/h2-7,12-14H,8H2,1H3/t12-,13+,14+,17-/m1/s1. The second-order valence-corrected chi connectivity index (χ2v) is 6.55. The van der Waals surface area contributed by atoms with Crippen molar-refractivity contribution in [2.75, 3.05) is 11.5 Å². The van der Waals surface area contributed by atoms with E-state index < -0.39 is 29.5 Å². The van der Waals surface area contributed by atoms with Crippen LogP contribution in [-0.2, 0) is 23.9 Å². The third-order valence-electron chi connectivity index (χ3n) is 4.75. The molecule has 0 unspecified atom stereocenters. The summed E-state index contributed by atoms with van der Waals surface area (Å²) in [5.74, 6) is -2.51.